The zero-order valence-electron chi connectivity index (χ0n) is 21.8. The highest BCUT2D eigenvalue weighted by molar-refractivity contribution is 7.90. The van der Waals surface area contributed by atoms with Crippen LogP contribution in [0.1, 0.15) is 52.1 Å². The number of aromatic nitrogens is 5. The predicted octanol–water partition coefficient (Wildman–Crippen LogP) is 2.08. The van der Waals surface area contributed by atoms with Gasteiger partial charge in [-0.2, -0.15) is 15.2 Å². The molecule has 39 heavy (non-hydrogen) atoms. The van der Waals surface area contributed by atoms with E-state index in [0.717, 1.165) is 6.26 Å². The van der Waals surface area contributed by atoms with Gasteiger partial charge in [0.1, 0.15) is 11.7 Å². The van der Waals surface area contributed by atoms with Crippen LogP contribution in [0, 0.1) is 6.92 Å². The Morgan fingerprint density at radius 2 is 1.74 bits per heavy atom. The number of fused-ring (bicyclic) bond motifs is 1. The second-order valence-electron chi connectivity index (χ2n) is 9.77. The summed E-state index contributed by atoms with van der Waals surface area (Å²) < 4.78 is 32.8. The summed E-state index contributed by atoms with van der Waals surface area (Å²) in [5.74, 6) is -0.652. The summed E-state index contributed by atoms with van der Waals surface area (Å²) >= 11 is 0. The second-order valence-corrected chi connectivity index (χ2v) is 11.8. The summed E-state index contributed by atoms with van der Waals surface area (Å²) in [6, 6.07) is 7.94. The number of pyridine rings is 1. The largest absolute Gasteiger partial charge is 0.474 e. The van der Waals surface area contributed by atoms with Crippen molar-refractivity contribution in [2.45, 2.75) is 49.6 Å². The first-order valence-electron chi connectivity index (χ1n) is 12.5. The number of nitrogens with zero attached hydrogens (tertiary/aromatic N) is 5. The third kappa shape index (κ3) is 5.35. The molecule has 3 N–H and O–H groups in total. The standard InChI is InChI=1S/C26H29N7O5S/c1-15-22(14-29-33(15)18-6-10-20(11-7-18)39(3,36)37)25(35)30-17-4-8-19(9-5-17)38-26-21(23(27)34)12-16-13-28-32(2)24(16)31-26/h6-7,10-14,17,19H,4-5,8-9H2,1-3H3,(H2,27,34)(H,30,35)/t17-,19-. The third-order valence-electron chi connectivity index (χ3n) is 6.99. The van der Waals surface area contributed by atoms with Gasteiger partial charge in [-0.1, -0.05) is 0 Å². The fourth-order valence-corrected chi connectivity index (χ4v) is 5.43. The molecule has 1 aliphatic rings. The van der Waals surface area contributed by atoms with Crippen molar-refractivity contribution in [3.8, 4) is 11.6 Å². The molecule has 3 heterocycles. The minimum absolute atomic E-state index is 0.0442. The third-order valence-corrected chi connectivity index (χ3v) is 8.12. The van der Waals surface area contributed by atoms with Gasteiger partial charge in [0.05, 0.1) is 34.2 Å². The average Bonchev–Trinajstić information content (AvgIpc) is 3.46. The SMILES string of the molecule is Cc1c(C(=O)N[C@H]2CC[C@H](Oc3nc4c(cnn4C)cc3C(N)=O)CC2)cnn1-c1ccc(S(C)(=O)=O)cc1. The van der Waals surface area contributed by atoms with E-state index in [4.69, 9.17) is 10.5 Å². The molecule has 1 aromatic carbocycles. The molecule has 12 nitrogen and oxygen atoms in total. The number of carbonyl (C=O) groups is 2. The quantitative estimate of drug-likeness (QED) is 0.352. The van der Waals surface area contributed by atoms with Crippen molar-refractivity contribution in [3.05, 3.63) is 59.5 Å². The molecule has 0 aliphatic heterocycles. The van der Waals surface area contributed by atoms with E-state index in [-0.39, 0.29) is 34.4 Å². The van der Waals surface area contributed by atoms with Crippen LogP contribution < -0.4 is 15.8 Å². The van der Waals surface area contributed by atoms with Crippen LogP contribution in [0.2, 0.25) is 0 Å². The van der Waals surface area contributed by atoms with E-state index in [1.165, 1.54) is 18.3 Å². The molecule has 0 bridgehead atoms. The van der Waals surface area contributed by atoms with Gasteiger partial charge in [-0.25, -0.2) is 13.1 Å². The van der Waals surface area contributed by atoms with E-state index in [1.807, 2.05) is 0 Å². The molecule has 0 radical (unpaired) electrons. The predicted molar refractivity (Wildman–Crippen MR) is 143 cm³/mol. The molecular formula is C26H29N7O5S. The number of hydrogen-bond acceptors (Lipinski definition) is 8. The minimum Gasteiger partial charge on any atom is -0.474 e. The van der Waals surface area contributed by atoms with Crippen molar-refractivity contribution in [3.63, 3.8) is 0 Å². The van der Waals surface area contributed by atoms with Gasteiger partial charge in [0, 0.05) is 24.7 Å². The van der Waals surface area contributed by atoms with E-state index in [0.29, 0.717) is 53.7 Å². The number of carbonyl (C=O) groups excluding carboxylic acids is 2. The topological polar surface area (TPSA) is 164 Å². The summed E-state index contributed by atoms with van der Waals surface area (Å²) in [7, 11) is -1.54. The number of sulfone groups is 1. The Morgan fingerprint density at radius 1 is 1.05 bits per heavy atom. The van der Waals surface area contributed by atoms with Gasteiger partial charge in [0.15, 0.2) is 15.5 Å². The molecule has 204 valence electrons. The van der Waals surface area contributed by atoms with Crippen LogP contribution in [0.25, 0.3) is 16.7 Å². The Balaban J connectivity index is 1.21. The van der Waals surface area contributed by atoms with Crippen LogP contribution in [0.5, 0.6) is 5.88 Å². The van der Waals surface area contributed by atoms with Crippen LogP contribution in [0.4, 0.5) is 0 Å². The zero-order valence-corrected chi connectivity index (χ0v) is 22.6. The summed E-state index contributed by atoms with van der Waals surface area (Å²) in [5, 5.41) is 12.3. The van der Waals surface area contributed by atoms with E-state index in [9.17, 15) is 18.0 Å². The molecule has 0 spiro atoms. The normalized spacial score (nSPS) is 17.7. The number of aryl methyl sites for hydroxylation is 1. The van der Waals surface area contributed by atoms with E-state index >= 15 is 0 Å². The maximum absolute atomic E-state index is 13.0. The average molecular weight is 552 g/mol. The van der Waals surface area contributed by atoms with Crippen molar-refractivity contribution in [2.75, 3.05) is 6.26 Å². The van der Waals surface area contributed by atoms with E-state index in [1.54, 1.807) is 47.7 Å². The zero-order chi connectivity index (χ0) is 27.9. The molecule has 2 amide bonds. The Hall–Kier alpha value is -4.26. The summed E-state index contributed by atoms with van der Waals surface area (Å²) in [5.41, 5.74) is 8.12. The lowest BCUT2D eigenvalue weighted by Crippen LogP contribution is -2.40. The maximum Gasteiger partial charge on any atom is 0.254 e. The highest BCUT2D eigenvalue weighted by Gasteiger charge is 2.27. The van der Waals surface area contributed by atoms with Gasteiger partial charge in [0.2, 0.25) is 5.88 Å². The van der Waals surface area contributed by atoms with E-state index in [2.05, 4.69) is 20.5 Å². The number of amides is 2. The number of primary amides is 1. The molecular weight excluding hydrogens is 522 g/mol. The Bertz CT molecular complexity index is 1670. The van der Waals surface area contributed by atoms with Crippen LogP contribution >= 0.6 is 0 Å². The van der Waals surface area contributed by atoms with E-state index < -0.39 is 15.7 Å². The highest BCUT2D eigenvalue weighted by atomic mass is 32.2. The first kappa shape index (κ1) is 26.4. The number of nitrogens with one attached hydrogen (secondary N) is 1. The van der Waals surface area contributed by atoms with Gasteiger partial charge < -0.3 is 15.8 Å². The minimum atomic E-state index is -3.30. The van der Waals surface area contributed by atoms with Crippen molar-refractivity contribution in [2.24, 2.45) is 12.8 Å². The van der Waals surface area contributed by atoms with Crippen molar-refractivity contribution in [1.29, 1.82) is 0 Å². The van der Waals surface area contributed by atoms with Gasteiger partial charge >= 0.3 is 0 Å². The smallest absolute Gasteiger partial charge is 0.254 e. The lowest BCUT2D eigenvalue weighted by Gasteiger charge is -2.29. The molecule has 4 aromatic rings. The first-order valence-corrected chi connectivity index (χ1v) is 14.4. The lowest BCUT2D eigenvalue weighted by molar-refractivity contribution is 0.0881. The van der Waals surface area contributed by atoms with Crippen LogP contribution in [0.15, 0.2) is 47.6 Å². The molecule has 1 fully saturated rings. The van der Waals surface area contributed by atoms with Crippen molar-refractivity contribution in [1.82, 2.24) is 29.9 Å². The van der Waals surface area contributed by atoms with Gasteiger partial charge in [-0.05, 0) is 62.9 Å². The van der Waals surface area contributed by atoms with Gasteiger partial charge in [-0.3, -0.25) is 14.3 Å². The number of rotatable bonds is 7. The molecule has 1 saturated carbocycles. The Kier molecular flexibility index (Phi) is 6.85. The fourth-order valence-electron chi connectivity index (χ4n) is 4.80. The molecule has 5 rings (SSSR count). The van der Waals surface area contributed by atoms with Crippen molar-refractivity contribution < 1.29 is 22.7 Å². The summed E-state index contributed by atoms with van der Waals surface area (Å²) in [6.07, 6.45) is 6.82. The fraction of sp³-hybridized carbons (Fsp3) is 0.346. The summed E-state index contributed by atoms with van der Waals surface area (Å²) in [6.45, 7) is 1.79. The first-order chi connectivity index (χ1) is 18.5. The molecule has 0 unspecified atom stereocenters. The second kappa shape index (κ2) is 10.1. The van der Waals surface area contributed by atoms with Crippen LogP contribution in [-0.4, -0.2) is 63.2 Å². The van der Waals surface area contributed by atoms with Crippen LogP contribution in [-0.2, 0) is 16.9 Å². The monoisotopic (exact) mass is 551 g/mol. The number of ether oxygens (including phenoxy) is 1. The maximum atomic E-state index is 13.0. The molecule has 3 aromatic heterocycles. The Morgan fingerprint density at radius 3 is 2.38 bits per heavy atom. The molecule has 0 atom stereocenters. The van der Waals surface area contributed by atoms with Crippen molar-refractivity contribution >= 4 is 32.7 Å². The van der Waals surface area contributed by atoms with Gasteiger partial charge in [-0.15, -0.1) is 0 Å². The summed E-state index contributed by atoms with van der Waals surface area (Å²) in [4.78, 5) is 29.7. The molecule has 0 saturated heterocycles. The van der Waals surface area contributed by atoms with Gasteiger partial charge in [0.25, 0.3) is 11.8 Å². The number of benzene rings is 1. The molecule has 13 heteroatoms. The highest BCUT2D eigenvalue weighted by Crippen LogP contribution is 2.28. The number of nitrogens with two attached hydrogens (primary N) is 1. The lowest BCUT2D eigenvalue weighted by atomic mass is 9.92. The Labute approximate surface area is 225 Å². The molecule has 1 aliphatic carbocycles. The van der Waals surface area contributed by atoms with Crippen LogP contribution in [0.3, 0.4) is 0 Å². The number of hydrogen-bond donors (Lipinski definition) is 2.